The lowest BCUT2D eigenvalue weighted by Gasteiger charge is -2.10. The van der Waals surface area contributed by atoms with Crippen molar-refractivity contribution in [1.29, 1.82) is 0 Å². The van der Waals surface area contributed by atoms with Crippen LogP contribution in [-0.2, 0) is 6.42 Å². The maximum absolute atomic E-state index is 4.01. The number of nitrogens with zero attached hydrogens (tertiary/aromatic N) is 1. The summed E-state index contributed by atoms with van der Waals surface area (Å²) in [6, 6.07) is 30.7. The first-order chi connectivity index (χ1) is 16.8. The standard InChI is InChI=1S/C31H20BrNS/c32-31-22(16-18-29-30(31)24-12-5-2-6-14-28(24)34-29)20-15-17-27-25(19-20)23-11-7-8-13-26(23)33(27)21-9-3-1-4-10-21/h1-13,15-19H,14H2. The van der Waals surface area contributed by atoms with Crippen LogP contribution in [0, 0.1) is 0 Å². The summed E-state index contributed by atoms with van der Waals surface area (Å²) >= 11 is 5.91. The fourth-order valence-electron chi connectivity index (χ4n) is 5.17. The van der Waals surface area contributed by atoms with Gasteiger partial charge in [-0.1, -0.05) is 72.8 Å². The number of fused-ring (bicyclic) bond motifs is 6. The molecule has 0 radical (unpaired) electrons. The van der Waals surface area contributed by atoms with E-state index in [9.17, 15) is 0 Å². The summed E-state index contributed by atoms with van der Waals surface area (Å²) < 4.78 is 4.88. The van der Waals surface area contributed by atoms with Crippen molar-refractivity contribution in [2.24, 2.45) is 0 Å². The van der Waals surface area contributed by atoms with E-state index in [1.807, 2.05) is 11.3 Å². The van der Waals surface area contributed by atoms with E-state index in [2.05, 4.69) is 130 Å². The summed E-state index contributed by atoms with van der Waals surface area (Å²) in [5, 5.41) is 3.88. The average molecular weight is 518 g/mol. The van der Waals surface area contributed by atoms with Crippen molar-refractivity contribution < 1.29 is 0 Å². The average Bonchev–Trinajstić information content (AvgIpc) is 3.30. The molecule has 0 N–H and O–H groups in total. The Bertz CT molecular complexity index is 1780. The number of para-hydroxylation sites is 2. The molecule has 1 aliphatic carbocycles. The second kappa shape index (κ2) is 7.83. The van der Waals surface area contributed by atoms with Crippen molar-refractivity contribution in [2.45, 2.75) is 6.42 Å². The lowest BCUT2D eigenvalue weighted by atomic mass is 10.00. The van der Waals surface area contributed by atoms with Crippen molar-refractivity contribution in [3.63, 3.8) is 0 Å². The third-order valence-electron chi connectivity index (χ3n) is 6.72. The molecule has 0 fully saturated rings. The first kappa shape index (κ1) is 20.0. The Morgan fingerprint density at radius 1 is 0.765 bits per heavy atom. The van der Waals surface area contributed by atoms with E-state index in [1.54, 1.807) is 0 Å². The number of benzene rings is 4. The Morgan fingerprint density at radius 2 is 1.59 bits per heavy atom. The summed E-state index contributed by atoms with van der Waals surface area (Å²) in [5.74, 6) is 0. The van der Waals surface area contributed by atoms with Crippen LogP contribution in [0.4, 0.5) is 0 Å². The molecule has 6 aromatic rings. The normalized spacial score (nSPS) is 13.1. The van der Waals surface area contributed by atoms with Crippen LogP contribution in [0.25, 0.3) is 54.8 Å². The highest BCUT2D eigenvalue weighted by Gasteiger charge is 2.18. The molecular formula is C31H20BrNS. The second-order valence-electron chi connectivity index (χ2n) is 8.65. The van der Waals surface area contributed by atoms with Gasteiger partial charge in [0.15, 0.2) is 0 Å². The highest BCUT2D eigenvalue weighted by Crippen LogP contribution is 2.44. The first-order valence-electron chi connectivity index (χ1n) is 11.5. The number of allylic oxidation sites excluding steroid dienone is 3. The van der Waals surface area contributed by atoms with Crippen LogP contribution in [0.5, 0.6) is 0 Å². The van der Waals surface area contributed by atoms with Gasteiger partial charge in [0, 0.05) is 42.3 Å². The largest absolute Gasteiger partial charge is 0.309 e. The Hall–Kier alpha value is -3.40. The maximum Gasteiger partial charge on any atom is 0.0541 e. The van der Waals surface area contributed by atoms with E-state index in [1.165, 1.54) is 63.6 Å². The van der Waals surface area contributed by atoms with Gasteiger partial charge < -0.3 is 4.57 Å². The zero-order chi connectivity index (χ0) is 22.6. The molecule has 0 spiro atoms. The van der Waals surface area contributed by atoms with Crippen LogP contribution in [0.3, 0.4) is 0 Å². The van der Waals surface area contributed by atoms with Crippen molar-refractivity contribution in [3.05, 3.63) is 118 Å². The van der Waals surface area contributed by atoms with Crippen molar-refractivity contribution >= 4 is 65.2 Å². The summed E-state index contributed by atoms with van der Waals surface area (Å²) in [6.07, 6.45) is 9.79. The van der Waals surface area contributed by atoms with E-state index in [0.717, 1.165) is 6.42 Å². The topological polar surface area (TPSA) is 4.93 Å². The van der Waals surface area contributed by atoms with E-state index >= 15 is 0 Å². The van der Waals surface area contributed by atoms with Gasteiger partial charge in [0.05, 0.1) is 11.0 Å². The molecule has 3 heteroatoms. The predicted molar refractivity (Wildman–Crippen MR) is 151 cm³/mol. The van der Waals surface area contributed by atoms with Gasteiger partial charge in [0.25, 0.3) is 0 Å². The van der Waals surface area contributed by atoms with Crippen LogP contribution in [0.1, 0.15) is 10.4 Å². The summed E-state index contributed by atoms with van der Waals surface area (Å²) in [7, 11) is 0. The van der Waals surface area contributed by atoms with Gasteiger partial charge >= 0.3 is 0 Å². The van der Waals surface area contributed by atoms with Crippen LogP contribution >= 0.6 is 27.3 Å². The van der Waals surface area contributed by atoms with Gasteiger partial charge in [-0.25, -0.2) is 0 Å². The Balaban J connectivity index is 1.48. The second-order valence-corrected chi connectivity index (χ2v) is 10.6. The van der Waals surface area contributed by atoms with Gasteiger partial charge in [-0.3, -0.25) is 0 Å². The van der Waals surface area contributed by atoms with E-state index in [4.69, 9.17) is 0 Å². The monoisotopic (exact) mass is 517 g/mol. The molecule has 4 aromatic carbocycles. The minimum absolute atomic E-state index is 0.994. The molecule has 2 aromatic heterocycles. The molecule has 1 nitrogen and oxygen atoms in total. The van der Waals surface area contributed by atoms with Crippen molar-refractivity contribution in [1.82, 2.24) is 4.57 Å². The molecule has 34 heavy (non-hydrogen) atoms. The number of halogens is 1. The van der Waals surface area contributed by atoms with Crippen molar-refractivity contribution in [3.8, 4) is 16.8 Å². The molecule has 0 unspecified atom stereocenters. The Kier molecular flexibility index (Phi) is 4.61. The molecule has 0 amide bonds. The number of hydrogen-bond acceptors (Lipinski definition) is 1. The minimum atomic E-state index is 0.994. The molecular weight excluding hydrogens is 498 g/mol. The van der Waals surface area contributed by atoms with Gasteiger partial charge in [-0.15, -0.1) is 11.3 Å². The fourth-order valence-corrected chi connectivity index (χ4v) is 7.27. The smallest absolute Gasteiger partial charge is 0.0541 e. The van der Waals surface area contributed by atoms with Gasteiger partial charge in [-0.05, 0) is 69.0 Å². The lowest BCUT2D eigenvalue weighted by Crippen LogP contribution is -1.92. The zero-order valence-electron chi connectivity index (χ0n) is 18.3. The van der Waals surface area contributed by atoms with Crippen molar-refractivity contribution in [2.75, 3.05) is 0 Å². The van der Waals surface area contributed by atoms with E-state index in [0.29, 0.717) is 0 Å². The molecule has 0 saturated carbocycles. The number of aromatic nitrogens is 1. The molecule has 0 saturated heterocycles. The first-order valence-corrected chi connectivity index (χ1v) is 13.1. The number of hydrogen-bond donors (Lipinski definition) is 0. The number of rotatable bonds is 2. The minimum Gasteiger partial charge on any atom is -0.309 e. The molecule has 1 aliphatic rings. The van der Waals surface area contributed by atoms with E-state index < -0.39 is 0 Å². The molecule has 2 heterocycles. The lowest BCUT2D eigenvalue weighted by molar-refractivity contribution is 1.18. The fraction of sp³-hybridized carbons (Fsp3) is 0.0323. The maximum atomic E-state index is 4.01. The quantitative estimate of drug-likeness (QED) is 0.215. The highest BCUT2D eigenvalue weighted by molar-refractivity contribution is 9.10. The summed E-state index contributed by atoms with van der Waals surface area (Å²) in [4.78, 5) is 1.43. The third-order valence-corrected chi connectivity index (χ3v) is 8.73. The molecule has 0 aliphatic heterocycles. The summed E-state index contributed by atoms with van der Waals surface area (Å²) in [5.41, 5.74) is 7.46. The van der Waals surface area contributed by atoms with Gasteiger partial charge in [0.2, 0.25) is 0 Å². The molecule has 7 rings (SSSR count). The zero-order valence-corrected chi connectivity index (χ0v) is 20.7. The molecule has 0 bridgehead atoms. The predicted octanol–water partition coefficient (Wildman–Crippen LogP) is 9.55. The van der Waals surface area contributed by atoms with Crippen LogP contribution in [0.15, 0.2) is 108 Å². The molecule has 162 valence electrons. The summed E-state index contributed by atoms with van der Waals surface area (Å²) in [6.45, 7) is 0. The van der Waals surface area contributed by atoms with Crippen LogP contribution in [0.2, 0.25) is 0 Å². The third kappa shape index (κ3) is 2.97. The molecule has 0 atom stereocenters. The van der Waals surface area contributed by atoms with Crippen LogP contribution < -0.4 is 0 Å². The SMILES string of the molecule is Brc1c(-c2ccc3c(c2)c2ccccc2n3-c2ccccc2)ccc2sc3c(c12)C=CC=CC3. The Morgan fingerprint density at radius 3 is 2.50 bits per heavy atom. The van der Waals surface area contributed by atoms with Gasteiger partial charge in [-0.2, -0.15) is 0 Å². The van der Waals surface area contributed by atoms with E-state index in [-0.39, 0.29) is 0 Å². The van der Waals surface area contributed by atoms with Gasteiger partial charge in [0.1, 0.15) is 0 Å². The van der Waals surface area contributed by atoms with Crippen LogP contribution in [-0.4, -0.2) is 4.57 Å². The number of thiophene rings is 1. The highest BCUT2D eigenvalue weighted by atomic mass is 79.9. The Labute approximate surface area is 210 Å².